The molecule has 1 aliphatic heterocycles. The predicted molar refractivity (Wildman–Crippen MR) is 89.3 cm³/mol. The van der Waals surface area contributed by atoms with Crippen LogP contribution in [-0.4, -0.2) is 43.7 Å². The van der Waals surface area contributed by atoms with Crippen molar-refractivity contribution in [3.8, 4) is 0 Å². The number of amides is 1. The standard InChI is InChI=1S/C18H21N3O3/c22-18(16-6-8-21(23)9-7-16)19-17(15-4-2-1-3-5-15)14-20-10-12-24-13-11-20/h1-9,17H,10-14H2,(H,19,22). The van der Waals surface area contributed by atoms with E-state index in [-0.39, 0.29) is 11.9 Å². The van der Waals surface area contributed by atoms with Gasteiger partial charge in [-0.15, -0.1) is 0 Å². The molecule has 0 bridgehead atoms. The SMILES string of the molecule is O=C(NC(CN1CCOCC1)c1ccccc1)c1cc[n+]([O-])cc1. The fraction of sp³-hybridized carbons (Fsp3) is 0.333. The summed E-state index contributed by atoms with van der Waals surface area (Å²) in [6, 6.07) is 12.9. The Labute approximate surface area is 141 Å². The second-order valence-electron chi connectivity index (χ2n) is 5.80. The van der Waals surface area contributed by atoms with E-state index in [4.69, 9.17) is 4.74 Å². The predicted octanol–water partition coefficient (Wildman–Crippen LogP) is 1.12. The van der Waals surface area contributed by atoms with Crippen molar-refractivity contribution in [2.45, 2.75) is 6.04 Å². The summed E-state index contributed by atoms with van der Waals surface area (Å²) in [7, 11) is 0. The van der Waals surface area contributed by atoms with Crippen molar-refractivity contribution < 1.29 is 14.3 Å². The van der Waals surface area contributed by atoms with Crippen LogP contribution in [0.2, 0.25) is 0 Å². The first kappa shape index (κ1) is 16.4. The fourth-order valence-electron chi connectivity index (χ4n) is 2.77. The minimum atomic E-state index is -0.183. The molecule has 1 fully saturated rings. The molecule has 1 aromatic carbocycles. The molecule has 2 aromatic rings. The molecule has 6 heteroatoms. The van der Waals surface area contributed by atoms with Crippen molar-refractivity contribution in [1.82, 2.24) is 10.2 Å². The molecule has 6 nitrogen and oxygen atoms in total. The molecule has 0 spiro atoms. The Kier molecular flexibility index (Phi) is 5.40. The normalized spacial score (nSPS) is 16.5. The highest BCUT2D eigenvalue weighted by molar-refractivity contribution is 5.94. The zero-order valence-electron chi connectivity index (χ0n) is 13.4. The van der Waals surface area contributed by atoms with Crippen LogP contribution in [0.15, 0.2) is 54.9 Å². The van der Waals surface area contributed by atoms with Crippen LogP contribution in [0.4, 0.5) is 0 Å². The zero-order chi connectivity index (χ0) is 16.8. The number of morpholine rings is 1. The summed E-state index contributed by atoms with van der Waals surface area (Å²) in [5.41, 5.74) is 1.54. The molecule has 24 heavy (non-hydrogen) atoms. The lowest BCUT2D eigenvalue weighted by Gasteiger charge is -2.31. The summed E-state index contributed by atoms with van der Waals surface area (Å²) >= 11 is 0. The smallest absolute Gasteiger partial charge is 0.252 e. The first-order valence-electron chi connectivity index (χ1n) is 8.07. The van der Waals surface area contributed by atoms with Crippen LogP contribution in [-0.2, 0) is 4.74 Å². The van der Waals surface area contributed by atoms with Crippen LogP contribution in [0, 0.1) is 5.21 Å². The van der Waals surface area contributed by atoms with Gasteiger partial charge in [-0.2, -0.15) is 4.73 Å². The lowest BCUT2D eigenvalue weighted by molar-refractivity contribution is -0.605. The number of aromatic nitrogens is 1. The Hall–Kier alpha value is -2.44. The number of nitrogens with zero attached hydrogens (tertiary/aromatic N) is 2. The largest absolute Gasteiger partial charge is 0.619 e. The van der Waals surface area contributed by atoms with E-state index in [0.29, 0.717) is 10.3 Å². The van der Waals surface area contributed by atoms with Gasteiger partial charge in [-0.3, -0.25) is 9.69 Å². The first-order chi connectivity index (χ1) is 11.7. The van der Waals surface area contributed by atoms with Gasteiger partial charge in [0.15, 0.2) is 12.4 Å². The van der Waals surface area contributed by atoms with Crippen LogP contribution in [0.25, 0.3) is 0 Å². The van der Waals surface area contributed by atoms with Gasteiger partial charge in [-0.05, 0) is 5.56 Å². The maximum absolute atomic E-state index is 12.5. The van der Waals surface area contributed by atoms with Crippen LogP contribution in [0.1, 0.15) is 22.0 Å². The second kappa shape index (κ2) is 7.90. The Morgan fingerprint density at radius 3 is 2.50 bits per heavy atom. The van der Waals surface area contributed by atoms with E-state index in [1.165, 1.54) is 24.5 Å². The third kappa shape index (κ3) is 4.31. The topological polar surface area (TPSA) is 68.5 Å². The van der Waals surface area contributed by atoms with E-state index >= 15 is 0 Å². The summed E-state index contributed by atoms with van der Waals surface area (Å²) in [5, 5.41) is 14.2. The van der Waals surface area contributed by atoms with Crippen LogP contribution < -0.4 is 10.0 Å². The van der Waals surface area contributed by atoms with Crippen LogP contribution >= 0.6 is 0 Å². The molecule has 0 saturated carbocycles. The number of carbonyl (C=O) groups is 1. The molecule has 0 aliphatic carbocycles. The van der Waals surface area contributed by atoms with Gasteiger partial charge in [0.25, 0.3) is 5.91 Å². The van der Waals surface area contributed by atoms with Gasteiger partial charge in [0.1, 0.15) is 0 Å². The Balaban J connectivity index is 1.73. The van der Waals surface area contributed by atoms with Crippen molar-refractivity contribution >= 4 is 5.91 Å². The molecular formula is C18H21N3O3. The van der Waals surface area contributed by atoms with Crippen molar-refractivity contribution in [2.75, 3.05) is 32.8 Å². The van der Waals surface area contributed by atoms with Crippen molar-refractivity contribution in [3.63, 3.8) is 0 Å². The number of pyridine rings is 1. The summed E-state index contributed by atoms with van der Waals surface area (Å²) in [4.78, 5) is 14.8. The Bertz CT molecular complexity index is 655. The van der Waals surface area contributed by atoms with Gasteiger partial charge in [-0.1, -0.05) is 30.3 Å². The Morgan fingerprint density at radius 2 is 1.83 bits per heavy atom. The van der Waals surface area contributed by atoms with Gasteiger partial charge in [0.05, 0.1) is 24.8 Å². The number of hydrogen-bond acceptors (Lipinski definition) is 4. The molecule has 0 radical (unpaired) electrons. The highest BCUT2D eigenvalue weighted by Crippen LogP contribution is 2.16. The van der Waals surface area contributed by atoms with E-state index in [0.717, 1.165) is 38.4 Å². The number of nitrogens with one attached hydrogen (secondary N) is 1. The molecule has 126 valence electrons. The van der Waals surface area contributed by atoms with Crippen LogP contribution in [0.5, 0.6) is 0 Å². The molecular weight excluding hydrogens is 306 g/mol. The van der Waals surface area contributed by atoms with E-state index in [9.17, 15) is 10.0 Å². The Morgan fingerprint density at radius 1 is 1.17 bits per heavy atom. The molecule has 3 rings (SSSR count). The van der Waals surface area contributed by atoms with Gasteiger partial charge >= 0.3 is 0 Å². The van der Waals surface area contributed by atoms with Gasteiger partial charge in [-0.25, -0.2) is 0 Å². The summed E-state index contributed by atoms with van der Waals surface area (Å²) in [6.45, 7) is 3.89. The highest BCUT2D eigenvalue weighted by Gasteiger charge is 2.20. The number of ether oxygens (including phenoxy) is 1. The molecule has 2 heterocycles. The average molecular weight is 327 g/mol. The fourth-order valence-corrected chi connectivity index (χ4v) is 2.77. The van der Waals surface area contributed by atoms with Gasteiger partial charge in [0.2, 0.25) is 0 Å². The van der Waals surface area contributed by atoms with E-state index in [2.05, 4.69) is 10.2 Å². The quantitative estimate of drug-likeness (QED) is 0.660. The van der Waals surface area contributed by atoms with Crippen molar-refractivity contribution in [2.24, 2.45) is 0 Å². The number of benzene rings is 1. The lowest BCUT2D eigenvalue weighted by atomic mass is 10.1. The summed E-state index contributed by atoms with van der Waals surface area (Å²) < 4.78 is 6.05. The molecule has 1 N–H and O–H groups in total. The van der Waals surface area contributed by atoms with Gasteiger partial charge in [0, 0.05) is 31.8 Å². The molecule has 1 unspecified atom stereocenters. The maximum Gasteiger partial charge on any atom is 0.252 e. The second-order valence-corrected chi connectivity index (χ2v) is 5.80. The third-order valence-electron chi connectivity index (χ3n) is 4.12. The number of hydrogen-bond donors (Lipinski definition) is 1. The van der Waals surface area contributed by atoms with E-state index in [1.807, 2.05) is 30.3 Å². The first-order valence-corrected chi connectivity index (χ1v) is 8.07. The summed E-state index contributed by atoms with van der Waals surface area (Å²) in [5.74, 6) is -0.183. The molecule has 1 aliphatic rings. The molecule has 1 saturated heterocycles. The lowest BCUT2D eigenvalue weighted by Crippen LogP contribution is -2.43. The maximum atomic E-state index is 12.5. The average Bonchev–Trinajstić information content (AvgIpc) is 2.63. The minimum absolute atomic E-state index is 0.114. The number of carbonyl (C=O) groups excluding carboxylic acids is 1. The third-order valence-corrected chi connectivity index (χ3v) is 4.12. The molecule has 1 atom stereocenters. The highest BCUT2D eigenvalue weighted by atomic mass is 16.5. The van der Waals surface area contributed by atoms with Crippen molar-refractivity contribution in [3.05, 3.63) is 71.2 Å². The van der Waals surface area contributed by atoms with Crippen molar-refractivity contribution in [1.29, 1.82) is 0 Å². The van der Waals surface area contributed by atoms with Gasteiger partial charge < -0.3 is 15.3 Å². The monoisotopic (exact) mass is 327 g/mol. The summed E-state index contributed by atoms with van der Waals surface area (Å²) in [6.07, 6.45) is 2.66. The molecule has 1 amide bonds. The minimum Gasteiger partial charge on any atom is -0.619 e. The van der Waals surface area contributed by atoms with E-state index in [1.54, 1.807) is 0 Å². The zero-order valence-corrected chi connectivity index (χ0v) is 13.4. The molecule has 1 aromatic heterocycles. The van der Waals surface area contributed by atoms with Crippen LogP contribution in [0.3, 0.4) is 0 Å². The van der Waals surface area contributed by atoms with E-state index < -0.39 is 0 Å². The number of rotatable bonds is 5.